The van der Waals surface area contributed by atoms with Crippen LogP contribution in [-0.2, 0) is 14.5 Å². The number of hydrogen-bond acceptors (Lipinski definition) is 7. The second kappa shape index (κ2) is 7.89. The molecule has 0 aromatic heterocycles. The summed E-state index contributed by atoms with van der Waals surface area (Å²) in [5.41, 5.74) is 0.725. The van der Waals surface area contributed by atoms with Crippen molar-refractivity contribution in [3.8, 4) is 0 Å². The molecule has 3 atom stereocenters. The van der Waals surface area contributed by atoms with Gasteiger partial charge in [0, 0.05) is 23.1 Å². The maximum atomic E-state index is 11.7. The normalized spacial score (nSPS) is 22.6. The van der Waals surface area contributed by atoms with E-state index in [1.807, 2.05) is 6.92 Å². The van der Waals surface area contributed by atoms with Crippen molar-refractivity contribution < 1.29 is 9.00 Å². The molecule has 25 heavy (non-hydrogen) atoms. The van der Waals surface area contributed by atoms with E-state index >= 15 is 0 Å². The maximum Gasteiger partial charge on any atom is 0.223 e. The van der Waals surface area contributed by atoms with Crippen LogP contribution in [0.15, 0.2) is 39.1 Å². The lowest BCUT2D eigenvalue weighted by molar-refractivity contribution is -0.116. The number of nitrogens with zero attached hydrogens (tertiary/aromatic N) is 2. The largest absolute Gasteiger partial charge is 0.324 e. The molecule has 1 aliphatic heterocycles. The number of rotatable bonds is 5. The van der Waals surface area contributed by atoms with E-state index < -0.39 is 13.0 Å². The van der Waals surface area contributed by atoms with Gasteiger partial charge in [0.1, 0.15) is 14.4 Å². The van der Waals surface area contributed by atoms with Crippen LogP contribution in [0.25, 0.3) is 0 Å². The summed E-state index contributed by atoms with van der Waals surface area (Å²) in [6, 6.07) is 6.76. The number of guanidine groups is 1. The molecular weight excluding hydrogens is 492 g/mol. The Hall–Kier alpha value is -0.710. The fourth-order valence-electron chi connectivity index (χ4n) is 1.84. The zero-order chi connectivity index (χ0) is 18.8. The number of ketones is 1. The van der Waals surface area contributed by atoms with Crippen LogP contribution in [0.5, 0.6) is 0 Å². The van der Waals surface area contributed by atoms with Gasteiger partial charge in [-0.2, -0.15) is 0 Å². The van der Waals surface area contributed by atoms with Crippen LogP contribution >= 0.6 is 43.6 Å². The van der Waals surface area contributed by atoms with Gasteiger partial charge in [-0.25, -0.2) is 19.0 Å². The summed E-state index contributed by atoms with van der Waals surface area (Å²) in [4.78, 5) is 20.8. The molecule has 1 aromatic carbocycles. The number of aliphatic imine (C=N–C) groups is 2. The van der Waals surface area contributed by atoms with Crippen LogP contribution in [0.4, 0.5) is 5.69 Å². The van der Waals surface area contributed by atoms with Crippen LogP contribution in [0.2, 0.25) is 0 Å². The van der Waals surface area contributed by atoms with Crippen LogP contribution < -0.4 is 5.32 Å². The number of anilines is 1. The van der Waals surface area contributed by atoms with Gasteiger partial charge in [0.25, 0.3) is 0 Å². The number of Topliss-reactive ketones (excluding diaryl/α,β-unsaturated/α-hetero) is 1. The topological polar surface area (TPSA) is 94.7 Å². The number of alkyl halides is 2. The third-order valence-corrected chi connectivity index (χ3v) is 7.92. The Labute approximate surface area is 168 Å². The molecule has 1 aromatic rings. The second-order valence-electron chi connectivity index (χ2n) is 5.62. The van der Waals surface area contributed by atoms with Crippen LogP contribution in [0, 0.1) is 4.78 Å². The number of hydrogen-bond donors (Lipinski definition) is 2. The van der Waals surface area contributed by atoms with Crippen molar-refractivity contribution in [2.24, 2.45) is 9.98 Å². The number of carbonyl (C=O) groups excluding carboxylic acids is 1. The molecule has 0 aliphatic carbocycles. The third kappa shape index (κ3) is 5.63. The molecule has 0 amide bonds. The monoisotopic (exact) mass is 508 g/mol. The molecule has 2 N–H and O–H groups in total. The van der Waals surface area contributed by atoms with E-state index in [1.54, 1.807) is 37.4 Å². The van der Waals surface area contributed by atoms with Crippen molar-refractivity contribution in [2.45, 2.75) is 32.6 Å². The number of carbonyl (C=O) groups is 1. The Morgan fingerprint density at radius 2 is 2.00 bits per heavy atom. The van der Waals surface area contributed by atoms with E-state index in [4.69, 9.17) is 4.78 Å². The minimum absolute atomic E-state index is 0.0853. The van der Waals surface area contributed by atoms with Crippen molar-refractivity contribution in [3.05, 3.63) is 24.3 Å². The Morgan fingerprint density at radius 3 is 2.52 bits per heavy atom. The lowest BCUT2D eigenvalue weighted by atomic mass is 10.3. The second-order valence-corrected chi connectivity index (χ2v) is 12.9. The quantitative estimate of drug-likeness (QED) is 0.584. The van der Waals surface area contributed by atoms with Gasteiger partial charge in [0.15, 0.2) is 0 Å². The molecule has 0 saturated carbocycles. The summed E-state index contributed by atoms with van der Waals surface area (Å²) in [6.45, 7) is 3.40. The molecule has 0 saturated heterocycles. The fourth-order valence-corrected chi connectivity index (χ4v) is 4.54. The summed E-state index contributed by atoms with van der Waals surface area (Å²) < 4.78 is 18.7. The molecular formula is C15H18Br2N4O2S2. The number of benzene rings is 1. The molecule has 2 rings (SSSR count). The first-order valence-electron chi connectivity index (χ1n) is 7.27. The molecule has 0 fully saturated rings. The van der Waals surface area contributed by atoms with Gasteiger partial charge >= 0.3 is 0 Å². The molecule has 0 spiro atoms. The standard InChI is InChI=1S/C15H18Br2N4O2S2/c1-9(22)10(2)24-13-15(16,17)8-19-14(21-13)20-11-4-6-12(7-5-11)25(3,18)23/h4-8,10,13,18H,1-3H3,(H,20,21). The highest BCUT2D eigenvalue weighted by atomic mass is 79.9. The van der Waals surface area contributed by atoms with E-state index in [2.05, 4.69) is 47.2 Å². The van der Waals surface area contributed by atoms with E-state index in [0.29, 0.717) is 10.9 Å². The molecule has 0 bridgehead atoms. The van der Waals surface area contributed by atoms with E-state index in [1.165, 1.54) is 18.0 Å². The van der Waals surface area contributed by atoms with E-state index in [0.717, 1.165) is 5.69 Å². The third-order valence-electron chi connectivity index (χ3n) is 3.39. The van der Waals surface area contributed by atoms with Crippen LogP contribution in [-0.4, -0.2) is 42.3 Å². The molecule has 1 aliphatic rings. The Morgan fingerprint density at radius 1 is 1.40 bits per heavy atom. The van der Waals surface area contributed by atoms with Crippen molar-refractivity contribution in [2.75, 3.05) is 11.6 Å². The highest BCUT2D eigenvalue weighted by Gasteiger charge is 2.37. The summed E-state index contributed by atoms with van der Waals surface area (Å²) in [7, 11) is -2.73. The minimum atomic E-state index is -2.73. The zero-order valence-electron chi connectivity index (χ0n) is 13.8. The van der Waals surface area contributed by atoms with Gasteiger partial charge in [-0.05, 0) is 38.1 Å². The summed E-state index contributed by atoms with van der Waals surface area (Å²) in [5.74, 6) is 0.501. The molecule has 6 nitrogen and oxygen atoms in total. The summed E-state index contributed by atoms with van der Waals surface area (Å²) in [6.07, 6.45) is 3.07. The smallest absolute Gasteiger partial charge is 0.223 e. The van der Waals surface area contributed by atoms with Gasteiger partial charge in [0.2, 0.25) is 5.96 Å². The molecule has 0 radical (unpaired) electrons. The Kier molecular flexibility index (Phi) is 6.50. The Bertz CT molecular complexity index is 820. The first kappa shape index (κ1) is 20.6. The molecule has 1 heterocycles. The number of thioether (sulfide) groups is 1. The maximum absolute atomic E-state index is 11.7. The van der Waals surface area contributed by atoms with Crippen LogP contribution in [0.3, 0.4) is 0 Å². The summed E-state index contributed by atoms with van der Waals surface area (Å²) in [5, 5.41) is 2.61. The van der Waals surface area contributed by atoms with E-state index in [9.17, 15) is 9.00 Å². The van der Waals surface area contributed by atoms with Gasteiger partial charge in [0.05, 0.1) is 15.0 Å². The van der Waals surface area contributed by atoms with Gasteiger partial charge < -0.3 is 5.32 Å². The van der Waals surface area contributed by atoms with E-state index in [-0.39, 0.29) is 16.4 Å². The predicted octanol–water partition coefficient (Wildman–Crippen LogP) is 4.10. The van der Waals surface area contributed by atoms with Crippen molar-refractivity contribution >= 4 is 77.0 Å². The summed E-state index contributed by atoms with van der Waals surface area (Å²) >= 11 is 8.49. The van der Waals surface area contributed by atoms with Crippen LogP contribution in [0.1, 0.15) is 13.8 Å². The van der Waals surface area contributed by atoms with Crippen molar-refractivity contribution in [3.63, 3.8) is 0 Å². The molecule has 3 unspecified atom stereocenters. The number of nitrogens with one attached hydrogen (secondary N) is 2. The molecule has 136 valence electrons. The van der Waals surface area contributed by atoms with Gasteiger partial charge in [-0.1, -0.05) is 31.9 Å². The average Bonchev–Trinajstić information content (AvgIpc) is 2.50. The van der Waals surface area contributed by atoms with Crippen molar-refractivity contribution in [1.82, 2.24) is 0 Å². The SMILES string of the molecule is CC(=O)C(C)SC1N=C(Nc2ccc(S(C)(=N)=O)cc2)N=CC1(Br)Br. The lowest BCUT2D eigenvalue weighted by Crippen LogP contribution is -2.35. The van der Waals surface area contributed by atoms with Crippen molar-refractivity contribution in [1.29, 1.82) is 4.78 Å². The van der Waals surface area contributed by atoms with Gasteiger partial charge in [-0.15, -0.1) is 11.8 Å². The highest BCUT2D eigenvalue weighted by Crippen LogP contribution is 2.40. The van der Waals surface area contributed by atoms with Gasteiger partial charge in [-0.3, -0.25) is 4.79 Å². The number of halogens is 2. The highest BCUT2D eigenvalue weighted by molar-refractivity contribution is 9.26. The Balaban J connectivity index is 2.17. The molecule has 10 heteroatoms. The lowest BCUT2D eigenvalue weighted by Gasteiger charge is -2.28. The average molecular weight is 510 g/mol. The fraction of sp³-hybridized carbons (Fsp3) is 0.400. The minimum Gasteiger partial charge on any atom is -0.324 e. The predicted molar refractivity (Wildman–Crippen MR) is 113 cm³/mol. The first-order chi connectivity index (χ1) is 11.5. The zero-order valence-corrected chi connectivity index (χ0v) is 18.6. The first-order valence-corrected chi connectivity index (χ1v) is 11.8.